The number of carbonyl (C=O) groups is 2. The lowest BCUT2D eigenvalue weighted by Gasteiger charge is -2.34. The molecule has 2 rings (SSSR count). The zero-order valence-corrected chi connectivity index (χ0v) is 12.9. The minimum atomic E-state index is -0.785. The molecule has 2 N–H and O–H groups in total. The van der Waals surface area contributed by atoms with Gasteiger partial charge in [0.2, 0.25) is 5.91 Å². The number of nitrogens with one attached hydrogen (secondary N) is 1. The molecule has 0 aromatic heterocycles. The van der Waals surface area contributed by atoms with E-state index in [1.165, 1.54) is 19.3 Å². The first-order chi connectivity index (χ1) is 10.0. The molecule has 2 atom stereocenters. The topological polar surface area (TPSA) is 72.9 Å². The predicted molar refractivity (Wildman–Crippen MR) is 80.1 cm³/mol. The summed E-state index contributed by atoms with van der Waals surface area (Å²) in [6.45, 7) is 5.72. The third kappa shape index (κ3) is 5.28. The molecule has 2 fully saturated rings. The van der Waals surface area contributed by atoms with Crippen molar-refractivity contribution in [2.75, 3.05) is 39.3 Å². The molecule has 0 radical (unpaired) electrons. The van der Waals surface area contributed by atoms with Crippen LogP contribution in [0.2, 0.25) is 0 Å². The maximum absolute atomic E-state index is 12.1. The van der Waals surface area contributed by atoms with Crippen molar-refractivity contribution in [3.8, 4) is 0 Å². The molecule has 21 heavy (non-hydrogen) atoms. The maximum Gasteiger partial charge on any atom is 0.317 e. The highest BCUT2D eigenvalue weighted by Gasteiger charge is 2.25. The number of aliphatic carboxylic acids is 1. The molecule has 0 spiro atoms. The largest absolute Gasteiger partial charge is 0.480 e. The molecule has 0 bridgehead atoms. The van der Waals surface area contributed by atoms with E-state index in [0.717, 1.165) is 32.6 Å². The lowest BCUT2D eigenvalue weighted by atomic mass is 9.86. The Bertz CT molecular complexity index is 367. The number of piperazine rings is 1. The minimum absolute atomic E-state index is 0.0969. The molecule has 0 aromatic carbocycles. The van der Waals surface area contributed by atoms with Crippen molar-refractivity contribution in [3.63, 3.8) is 0 Å². The molecule has 2 aliphatic rings. The fourth-order valence-electron chi connectivity index (χ4n) is 3.28. The minimum Gasteiger partial charge on any atom is -0.480 e. The third-order valence-electron chi connectivity index (χ3n) is 4.65. The number of carboxylic acid groups (broad SMARTS) is 1. The van der Waals surface area contributed by atoms with Crippen molar-refractivity contribution in [1.29, 1.82) is 0 Å². The summed E-state index contributed by atoms with van der Waals surface area (Å²) < 4.78 is 0. The van der Waals surface area contributed by atoms with Crippen LogP contribution in [0.1, 0.15) is 32.6 Å². The Morgan fingerprint density at radius 3 is 2.19 bits per heavy atom. The van der Waals surface area contributed by atoms with Crippen molar-refractivity contribution >= 4 is 11.9 Å². The second kappa shape index (κ2) is 7.75. The van der Waals surface area contributed by atoms with E-state index in [9.17, 15) is 9.59 Å². The van der Waals surface area contributed by atoms with E-state index in [2.05, 4.69) is 17.1 Å². The Labute approximate surface area is 126 Å². The Hall–Kier alpha value is -1.14. The fourth-order valence-corrected chi connectivity index (χ4v) is 3.28. The Morgan fingerprint density at radius 2 is 1.62 bits per heavy atom. The van der Waals surface area contributed by atoms with Gasteiger partial charge >= 0.3 is 5.97 Å². The summed E-state index contributed by atoms with van der Waals surface area (Å²) in [4.78, 5) is 26.8. The molecule has 6 nitrogen and oxygen atoms in total. The first-order valence-corrected chi connectivity index (χ1v) is 8.00. The molecule has 1 amide bonds. The third-order valence-corrected chi connectivity index (χ3v) is 4.65. The van der Waals surface area contributed by atoms with E-state index in [0.29, 0.717) is 18.5 Å². The summed E-state index contributed by atoms with van der Waals surface area (Å²) >= 11 is 0. The summed E-state index contributed by atoms with van der Waals surface area (Å²) in [6.07, 6.45) is 4.79. The van der Waals surface area contributed by atoms with Gasteiger partial charge in [0.25, 0.3) is 0 Å². The molecule has 120 valence electrons. The van der Waals surface area contributed by atoms with Crippen molar-refractivity contribution in [1.82, 2.24) is 15.1 Å². The molecular weight excluding hydrogens is 270 g/mol. The summed E-state index contributed by atoms with van der Waals surface area (Å²) in [5.41, 5.74) is 0. The van der Waals surface area contributed by atoms with Crippen LogP contribution in [0.25, 0.3) is 0 Å². The Kier molecular flexibility index (Phi) is 5.99. The van der Waals surface area contributed by atoms with E-state index in [1.807, 2.05) is 4.90 Å². The summed E-state index contributed by atoms with van der Waals surface area (Å²) in [5.74, 6) is -0.0944. The molecule has 1 aliphatic heterocycles. The van der Waals surface area contributed by atoms with E-state index >= 15 is 0 Å². The lowest BCUT2D eigenvalue weighted by molar-refractivity contribution is -0.139. The van der Waals surface area contributed by atoms with Gasteiger partial charge in [0.1, 0.15) is 0 Å². The van der Waals surface area contributed by atoms with Crippen molar-refractivity contribution in [2.24, 2.45) is 5.92 Å². The highest BCUT2D eigenvalue weighted by atomic mass is 16.4. The van der Waals surface area contributed by atoms with Crippen molar-refractivity contribution in [3.05, 3.63) is 0 Å². The Morgan fingerprint density at radius 1 is 1.05 bits per heavy atom. The van der Waals surface area contributed by atoms with Crippen LogP contribution in [0.15, 0.2) is 0 Å². The summed E-state index contributed by atoms with van der Waals surface area (Å²) in [7, 11) is 0. The maximum atomic E-state index is 12.1. The van der Waals surface area contributed by atoms with Crippen molar-refractivity contribution < 1.29 is 14.7 Å². The van der Waals surface area contributed by atoms with Gasteiger partial charge in [0, 0.05) is 32.2 Å². The van der Waals surface area contributed by atoms with E-state index < -0.39 is 5.97 Å². The zero-order chi connectivity index (χ0) is 15.2. The highest BCUT2D eigenvalue weighted by Crippen LogP contribution is 2.23. The number of carbonyl (C=O) groups excluding carboxylic acids is 1. The lowest BCUT2D eigenvalue weighted by Crippen LogP contribution is -2.52. The molecule has 1 saturated heterocycles. The highest BCUT2D eigenvalue weighted by molar-refractivity contribution is 5.78. The normalized spacial score (nSPS) is 28.2. The van der Waals surface area contributed by atoms with Crippen LogP contribution in [0.5, 0.6) is 0 Å². The van der Waals surface area contributed by atoms with Gasteiger partial charge in [0.15, 0.2) is 0 Å². The van der Waals surface area contributed by atoms with E-state index in [-0.39, 0.29) is 12.5 Å². The fraction of sp³-hybridized carbons (Fsp3) is 0.867. The summed E-state index contributed by atoms with van der Waals surface area (Å²) in [5, 5.41) is 11.9. The molecule has 2 unspecified atom stereocenters. The van der Waals surface area contributed by atoms with Gasteiger partial charge in [-0.25, -0.2) is 0 Å². The van der Waals surface area contributed by atoms with Crippen LogP contribution in [0, 0.1) is 5.92 Å². The van der Waals surface area contributed by atoms with E-state index in [1.54, 1.807) is 0 Å². The molecule has 6 heteroatoms. The smallest absolute Gasteiger partial charge is 0.317 e. The molecule has 1 aliphatic carbocycles. The van der Waals surface area contributed by atoms with Crippen LogP contribution in [0.3, 0.4) is 0 Å². The zero-order valence-electron chi connectivity index (χ0n) is 12.9. The first-order valence-electron chi connectivity index (χ1n) is 8.00. The average Bonchev–Trinajstić information content (AvgIpc) is 2.43. The van der Waals surface area contributed by atoms with Crippen LogP contribution in [-0.4, -0.2) is 72.1 Å². The molecule has 1 saturated carbocycles. The van der Waals surface area contributed by atoms with Crippen LogP contribution in [-0.2, 0) is 9.59 Å². The van der Waals surface area contributed by atoms with Gasteiger partial charge in [-0.1, -0.05) is 19.8 Å². The number of hydrogen-bond donors (Lipinski definition) is 2. The van der Waals surface area contributed by atoms with E-state index in [4.69, 9.17) is 5.11 Å². The predicted octanol–water partition coefficient (Wildman–Crippen LogP) is 0.384. The van der Waals surface area contributed by atoms with Gasteiger partial charge < -0.3 is 10.4 Å². The number of hydrogen-bond acceptors (Lipinski definition) is 4. The van der Waals surface area contributed by atoms with Gasteiger partial charge in [-0.2, -0.15) is 0 Å². The Balaban J connectivity index is 1.68. The average molecular weight is 297 g/mol. The van der Waals surface area contributed by atoms with Crippen LogP contribution >= 0.6 is 0 Å². The molecule has 1 heterocycles. The number of rotatable bonds is 5. The number of nitrogens with zero attached hydrogens (tertiary/aromatic N) is 2. The van der Waals surface area contributed by atoms with Gasteiger partial charge in [-0.15, -0.1) is 0 Å². The standard InChI is InChI=1S/C15H27N3O3/c1-12-4-2-3-5-13(12)16-14(19)10-17-6-8-18(9-7-17)11-15(20)21/h12-13H,2-11H2,1H3,(H,16,19)(H,20,21). The quantitative estimate of drug-likeness (QED) is 0.768. The van der Waals surface area contributed by atoms with Crippen molar-refractivity contribution in [2.45, 2.75) is 38.6 Å². The second-order valence-corrected chi connectivity index (χ2v) is 6.38. The molecular formula is C15H27N3O3. The van der Waals surface area contributed by atoms with Crippen LogP contribution < -0.4 is 5.32 Å². The summed E-state index contributed by atoms with van der Waals surface area (Å²) in [6, 6.07) is 0.333. The first kappa shape index (κ1) is 16.2. The van der Waals surface area contributed by atoms with Crippen LogP contribution in [0.4, 0.5) is 0 Å². The van der Waals surface area contributed by atoms with Gasteiger partial charge in [-0.05, 0) is 18.8 Å². The number of carboxylic acids is 1. The van der Waals surface area contributed by atoms with Gasteiger partial charge in [0.05, 0.1) is 13.1 Å². The SMILES string of the molecule is CC1CCCCC1NC(=O)CN1CCN(CC(=O)O)CC1. The second-order valence-electron chi connectivity index (χ2n) is 6.38. The monoisotopic (exact) mass is 297 g/mol. The molecule has 0 aromatic rings. The van der Waals surface area contributed by atoms with Gasteiger partial charge in [-0.3, -0.25) is 19.4 Å². The number of amides is 1.